The van der Waals surface area contributed by atoms with Crippen molar-refractivity contribution >= 4 is 11.8 Å². The van der Waals surface area contributed by atoms with Crippen LogP contribution in [0.1, 0.15) is 46.0 Å². The van der Waals surface area contributed by atoms with Crippen molar-refractivity contribution < 1.29 is 9.59 Å². The van der Waals surface area contributed by atoms with Crippen LogP contribution in [0.3, 0.4) is 0 Å². The zero-order valence-corrected chi connectivity index (χ0v) is 13.1. The Bertz CT molecular complexity index is 452. The van der Waals surface area contributed by atoms with Gasteiger partial charge in [-0.25, -0.2) is 0 Å². The molecule has 0 aromatic heterocycles. The Labute approximate surface area is 127 Å². The third-order valence-electron chi connectivity index (χ3n) is 4.00. The monoisotopic (exact) mass is 290 g/mol. The van der Waals surface area contributed by atoms with Crippen LogP contribution in [0.4, 0.5) is 0 Å². The predicted octanol–water partition coefficient (Wildman–Crippen LogP) is 2.42. The molecule has 0 aromatic rings. The Hall–Kier alpha value is -1.58. The molecule has 0 bridgehead atoms. The molecule has 1 N–H and O–H groups in total. The second kappa shape index (κ2) is 7.43. The number of likely N-dealkylation sites (tertiary alicyclic amines) is 1. The normalized spacial score (nSPS) is 21.6. The summed E-state index contributed by atoms with van der Waals surface area (Å²) in [5.74, 6) is 0.434. The first kappa shape index (κ1) is 15.8. The minimum Gasteiger partial charge on any atom is -0.350 e. The van der Waals surface area contributed by atoms with Crippen LogP contribution in [0, 0.1) is 5.92 Å². The number of rotatable bonds is 5. The highest BCUT2D eigenvalue weighted by Gasteiger charge is 2.33. The van der Waals surface area contributed by atoms with Gasteiger partial charge in [0.1, 0.15) is 6.04 Å². The van der Waals surface area contributed by atoms with E-state index in [0.29, 0.717) is 25.4 Å². The molecule has 1 aliphatic heterocycles. The van der Waals surface area contributed by atoms with Crippen molar-refractivity contribution in [2.24, 2.45) is 5.92 Å². The smallest absolute Gasteiger partial charge is 0.243 e. The third-order valence-corrected chi connectivity index (χ3v) is 4.00. The molecule has 0 aromatic carbocycles. The van der Waals surface area contributed by atoms with E-state index in [4.69, 9.17) is 0 Å². The van der Waals surface area contributed by atoms with Crippen molar-refractivity contribution in [3.63, 3.8) is 0 Å². The number of hydrogen-bond donors (Lipinski definition) is 1. The molecular weight excluding hydrogens is 264 g/mol. The fourth-order valence-electron chi connectivity index (χ4n) is 2.91. The van der Waals surface area contributed by atoms with Gasteiger partial charge in [0.2, 0.25) is 11.8 Å². The van der Waals surface area contributed by atoms with Crippen molar-refractivity contribution in [2.75, 3.05) is 13.1 Å². The molecular formula is C17H26N2O2. The van der Waals surface area contributed by atoms with Crippen molar-refractivity contribution in [2.45, 2.75) is 52.0 Å². The van der Waals surface area contributed by atoms with Gasteiger partial charge in [-0.05, 0) is 37.2 Å². The van der Waals surface area contributed by atoms with Crippen molar-refractivity contribution in [1.82, 2.24) is 10.2 Å². The molecule has 4 nitrogen and oxygen atoms in total. The molecule has 4 heteroatoms. The maximum absolute atomic E-state index is 12.3. The summed E-state index contributed by atoms with van der Waals surface area (Å²) >= 11 is 0. The fourth-order valence-corrected chi connectivity index (χ4v) is 2.91. The molecule has 116 valence electrons. The van der Waals surface area contributed by atoms with E-state index in [1.807, 2.05) is 13.8 Å². The molecule has 1 heterocycles. The van der Waals surface area contributed by atoms with Crippen LogP contribution in [-0.4, -0.2) is 35.8 Å². The number of nitrogens with zero attached hydrogens (tertiary/aromatic N) is 1. The number of carbonyl (C=O) groups excluding carboxylic acids is 2. The van der Waals surface area contributed by atoms with E-state index in [9.17, 15) is 9.59 Å². The van der Waals surface area contributed by atoms with E-state index in [-0.39, 0.29) is 17.9 Å². The highest BCUT2D eigenvalue weighted by Crippen LogP contribution is 2.20. The molecule has 0 radical (unpaired) electrons. The van der Waals surface area contributed by atoms with Gasteiger partial charge in [-0.3, -0.25) is 9.59 Å². The molecule has 2 aliphatic rings. The van der Waals surface area contributed by atoms with Gasteiger partial charge >= 0.3 is 0 Å². The Morgan fingerprint density at radius 1 is 1.38 bits per heavy atom. The van der Waals surface area contributed by atoms with E-state index in [2.05, 4.69) is 23.5 Å². The van der Waals surface area contributed by atoms with Gasteiger partial charge < -0.3 is 10.2 Å². The number of hydrogen-bond acceptors (Lipinski definition) is 2. The number of allylic oxidation sites excluding steroid dienone is 2. The molecule has 1 saturated heterocycles. The largest absolute Gasteiger partial charge is 0.350 e. The minimum atomic E-state index is -0.274. The predicted molar refractivity (Wildman–Crippen MR) is 83.7 cm³/mol. The molecule has 1 fully saturated rings. The fraction of sp³-hybridized carbons (Fsp3) is 0.647. The SMILES string of the molecule is CC(C)CC(=O)N1CCCC1C(=O)NCC1=CCCC=C1. The lowest BCUT2D eigenvalue weighted by Gasteiger charge is -2.25. The van der Waals surface area contributed by atoms with Crippen LogP contribution in [0.25, 0.3) is 0 Å². The molecule has 2 amide bonds. The summed E-state index contributed by atoms with van der Waals surface area (Å²) in [6, 6.07) is -0.274. The quantitative estimate of drug-likeness (QED) is 0.845. The van der Waals surface area contributed by atoms with E-state index in [1.54, 1.807) is 4.90 Å². The Morgan fingerprint density at radius 2 is 2.19 bits per heavy atom. The average Bonchev–Trinajstić information content (AvgIpc) is 2.95. The molecule has 1 unspecified atom stereocenters. The van der Waals surface area contributed by atoms with Crippen LogP contribution in [0.5, 0.6) is 0 Å². The lowest BCUT2D eigenvalue weighted by molar-refractivity contribution is -0.138. The van der Waals surface area contributed by atoms with Gasteiger partial charge in [0, 0.05) is 19.5 Å². The molecule has 0 spiro atoms. The van der Waals surface area contributed by atoms with Crippen LogP contribution >= 0.6 is 0 Å². The van der Waals surface area contributed by atoms with E-state index < -0.39 is 0 Å². The van der Waals surface area contributed by atoms with Crippen LogP contribution in [0.2, 0.25) is 0 Å². The van der Waals surface area contributed by atoms with Gasteiger partial charge in [-0.2, -0.15) is 0 Å². The van der Waals surface area contributed by atoms with E-state index in [1.165, 1.54) is 0 Å². The first-order valence-electron chi connectivity index (χ1n) is 8.00. The first-order chi connectivity index (χ1) is 10.1. The summed E-state index contributed by atoms with van der Waals surface area (Å²) in [6.07, 6.45) is 10.7. The van der Waals surface area contributed by atoms with Crippen molar-refractivity contribution in [3.05, 3.63) is 23.8 Å². The van der Waals surface area contributed by atoms with Crippen molar-refractivity contribution in [3.8, 4) is 0 Å². The Balaban J connectivity index is 1.87. The number of nitrogens with one attached hydrogen (secondary N) is 1. The zero-order chi connectivity index (χ0) is 15.2. The Morgan fingerprint density at radius 3 is 2.86 bits per heavy atom. The lowest BCUT2D eigenvalue weighted by atomic mass is 10.1. The second-order valence-corrected chi connectivity index (χ2v) is 6.32. The molecule has 2 rings (SSSR count). The van der Waals surface area contributed by atoms with Crippen LogP contribution in [-0.2, 0) is 9.59 Å². The molecule has 0 saturated carbocycles. The maximum Gasteiger partial charge on any atom is 0.243 e. The first-order valence-corrected chi connectivity index (χ1v) is 8.00. The summed E-state index contributed by atoms with van der Waals surface area (Å²) in [4.78, 5) is 26.3. The number of carbonyl (C=O) groups is 2. The minimum absolute atomic E-state index is 0.00974. The summed E-state index contributed by atoms with van der Waals surface area (Å²) in [5.41, 5.74) is 1.16. The highest BCUT2D eigenvalue weighted by molar-refractivity contribution is 5.88. The average molecular weight is 290 g/mol. The molecule has 21 heavy (non-hydrogen) atoms. The number of amides is 2. The standard InChI is InChI=1S/C17H26N2O2/c1-13(2)11-16(20)19-10-6-9-15(19)17(21)18-12-14-7-4-3-5-8-14/h4,7-8,13,15H,3,5-6,9-12H2,1-2H3,(H,18,21). The van der Waals surface area contributed by atoms with Gasteiger partial charge in [0.05, 0.1) is 0 Å². The second-order valence-electron chi connectivity index (χ2n) is 6.32. The summed E-state index contributed by atoms with van der Waals surface area (Å²) in [7, 11) is 0. The van der Waals surface area contributed by atoms with Gasteiger partial charge in [-0.1, -0.05) is 32.1 Å². The van der Waals surface area contributed by atoms with Gasteiger partial charge in [-0.15, -0.1) is 0 Å². The molecule has 1 atom stereocenters. The van der Waals surface area contributed by atoms with Crippen LogP contribution < -0.4 is 5.32 Å². The third kappa shape index (κ3) is 4.45. The summed E-state index contributed by atoms with van der Waals surface area (Å²) in [5, 5.41) is 2.98. The molecule has 1 aliphatic carbocycles. The zero-order valence-electron chi connectivity index (χ0n) is 13.1. The van der Waals surface area contributed by atoms with E-state index in [0.717, 1.165) is 31.3 Å². The topological polar surface area (TPSA) is 49.4 Å². The van der Waals surface area contributed by atoms with Crippen LogP contribution in [0.15, 0.2) is 23.8 Å². The maximum atomic E-state index is 12.3. The summed E-state index contributed by atoms with van der Waals surface area (Å²) in [6.45, 7) is 5.35. The lowest BCUT2D eigenvalue weighted by Crippen LogP contribution is -2.46. The van der Waals surface area contributed by atoms with Gasteiger partial charge in [0.15, 0.2) is 0 Å². The Kier molecular flexibility index (Phi) is 5.59. The van der Waals surface area contributed by atoms with E-state index >= 15 is 0 Å². The highest BCUT2D eigenvalue weighted by atomic mass is 16.2. The van der Waals surface area contributed by atoms with Crippen molar-refractivity contribution in [1.29, 1.82) is 0 Å². The van der Waals surface area contributed by atoms with Gasteiger partial charge in [0.25, 0.3) is 0 Å². The summed E-state index contributed by atoms with van der Waals surface area (Å²) < 4.78 is 0.